The van der Waals surface area contributed by atoms with Crippen molar-refractivity contribution >= 4 is 24.2 Å². The molecule has 0 spiro atoms. The van der Waals surface area contributed by atoms with Crippen LogP contribution in [0, 0.1) is 0 Å². The van der Waals surface area contributed by atoms with Gasteiger partial charge >= 0.3 is 24.2 Å². The number of hydrogen-bond donors (Lipinski definition) is 1. The molecule has 0 aromatic carbocycles. The van der Waals surface area contributed by atoms with E-state index >= 15 is 0 Å². The molecule has 0 aromatic rings. The third-order valence-electron chi connectivity index (χ3n) is 4.35. The smallest absolute Gasteiger partial charge is 0.461 e. The van der Waals surface area contributed by atoms with E-state index in [4.69, 9.17) is 47.7 Å². The molecule has 2 atom stereocenters. The summed E-state index contributed by atoms with van der Waals surface area (Å²) in [5, 5.41) is 9.14. The Labute approximate surface area is 216 Å². The third-order valence-corrected chi connectivity index (χ3v) is 4.35. The molecular formula is C23H40O14. The van der Waals surface area contributed by atoms with Crippen LogP contribution in [0.2, 0.25) is 0 Å². The van der Waals surface area contributed by atoms with Gasteiger partial charge in [-0.05, 0) is 41.5 Å². The highest BCUT2D eigenvalue weighted by atomic mass is 16.8. The number of esters is 2. The summed E-state index contributed by atoms with van der Waals surface area (Å²) in [5.41, 5.74) is -2.55. The number of ether oxygens (including phenoxy) is 9. The van der Waals surface area contributed by atoms with Gasteiger partial charge in [-0.15, -0.1) is 0 Å². The minimum atomic E-state index is -1.30. The van der Waals surface area contributed by atoms with Gasteiger partial charge in [-0.2, -0.15) is 0 Å². The van der Waals surface area contributed by atoms with Crippen molar-refractivity contribution < 1.29 is 66.9 Å². The molecule has 0 bridgehead atoms. The molecule has 0 fully saturated rings. The Morgan fingerprint density at radius 3 is 1.32 bits per heavy atom. The summed E-state index contributed by atoms with van der Waals surface area (Å²) in [4.78, 5) is 47.0. The standard InChI is InChI=1S/C23H40O14/c1-16(24)14-34-18(25)22(3,4)36-12-10-32-20(27)30-8-9-31-21(28)33-11-13-37-23(5,6)19(26)35-15-17(2)29-7/h16-17,24H,8-15H2,1-7H3. The van der Waals surface area contributed by atoms with Crippen LogP contribution in [0.25, 0.3) is 0 Å². The largest absolute Gasteiger partial charge is 0.508 e. The van der Waals surface area contributed by atoms with Gasteiger partial charge < -0.3 is 47.7 Å². The molecule has 14 heteroatoms. The van der Waals surface area contributed by atoms with Gasteiger partial charge in [0.25, 0.3) is 0 Å². The third kappa shape index (κ3) is 16.6. The molecule has 0 heterocycles. The van der Waals surface area contributed by atoms with Crippen molar-refractivity contribution in [3.63, 3.8) is 0 Å². The molecule has 14 nitrogen and oxygen atoms in total. The van der Waals surface area contributed by atoms with Gasteiger partial charge in [0.1, 0.15) is 39.6 Å². The summed E-state index contributed by atoms with van der Waals surface area (Å²) in [6, 6.07) is 0. The summed E-state index contributed by atoms with van der Waals surface area (Å²) in [6.45, 7) is 7.94. The predicted molar refractivity (Wildman–Crippen MR) is 125 cm³/mol. The lowest BCUT2D eigenvalue weighted by molar-refractivity contribution is -0.172. The van der Waals surface area contributed by atoms with Crippen molar-refractivity contribution in [1.29, 1.82) is 0 Å². The molecule has 0 aliphatic heterocycles. The van der Waals surface area contributed by atoms with Crippen LogP contribution >= 0.6 is 0 Å². The van der Waals surface area contributed by atoms with Crippen LogP contribution in [0.15, 0.2) is 0 Å². The predicted octanol–water partition coefficient (Wildman–Crippen LogP) is 1.39. The van der Waals surface area contributed by atoms with Gasteiger partial charge in [0, 0.05) is 7.11 Å². The van der Waals surface area contributed by atoms with Crippen LogP contribution in [0.1, 0.15) is 41.5 Å². The Hall–Kier alpha value is -2.68. The molecule has 0 aliphatic rings. The number of aliphatic hydroxyl groups excluding tert-OH is 1. The topological polar surface area (TPSA) is 172 Å². The molecule has 0 rings (SSSR count). The van der Waals surface area contributed by atoms with Gasteiger partial charge in [-0.25, -0.2) is 19.2 Å². The van der Waals surface area contributed by atoms with E-state index in [1.165, 1.54) is 41.7 Å². The van der Waals surface area contributed by atoms with E-state index in [9.17, 15) is 19.2 Å². The van der Waals surface area contributed by atoms with E-state index < -0.39 is 41.6 Å². The molecule has 0 aliphatic carbocycles. The highest BCUT2D eigenvalue weighted by molar-refractivity contribution is 5.79. The average Bonchev–Trinajstić information content (AvgIpc) is 2.83. The maximum absolute atomic E-state index is 12.0. The Morgan fingerprint density at radius 1 is 0.622 bits per heavy atom. The minimum absolute atomic E-state index is 0.0779. The first kappa shape index (κ1) is 34.3. The van der Waals surface area contributed by atoms with E-state index in [1.807, 2.05) is 0 Å². The molecule has 0 saturated heterocycles. The molecule has 0 saturated carbocycles. The van der Waals surface area contributed by atoms with E-state index in [0.717, 1.165) is 0 Å². The second kappa shape index (κ2) is 17.7. The maximum atomic E-state index is 12.0. The van der Waals surface area contributed by atoms with Gasteiger partial charge in [0.15, 0.2) is 11.2 Å². The number of rotatable bonds is 18. The second-order valence-electron chi connectivity index (χ2n) is 8.70. The molecule has 0 radical (unpaired) electrons. The molecule has 0 aromatic heterocycles. The van der Waals surface area contributed by atoms with Gasteiger partial charge in [0.05, 0.1) is 25.4 Å². The van der Waals surface area contributed by atoms with Gasteiger partial charge in [-0.1, -0.05) is 0 Å². The second-order valence-corrected chi connectivity index (χ2v) is 8.70. The summed E-state index contributed by atoms with van der Waals surface area (Å²) in [6.07, 6.45) is -3.11. The first-order valence-corrected chi connectivity index (χ1v) is 11.6. The fourth-order valence-corrected chi connectivity index (χ4v) is 2.10. The van der Waals surface area contributed by atoms with Crippen molar-refractivity contribution in [2.75, 3.05) is 60.0 Å². The summed E-state index contributed by atoms with van der Waals surface area (Å²) >= 11 is 0. The number of aliphatic hydroxyl groups is 1. The maximum Gasteiger partial charge on any atom is 0.508 e. The van der Waals surface area contributed by atoms with Crippen LogP contribution in [-0.2, 0) is 52.2 Å². The zero-order chi connectivity index (χ0) is 28.5. The number of hydrogen-bond acceptors (Lipinski definition) is 14. The summed E-state index contributed by atoms with van der Waals surface area (Å²) in [7, 11) is 1.50. The highest BCUT2D eigenvalue weighted by Gasteiger charge is 2.31. The molecule has 37 heavy (non-hydrogen) atoms. The van der Waals surface area contributed by atoms with Crippen molar-refractivity contribution in [3.8, 4) is 0 Å². The number of carbonyl (C=O) groups excluding carboxylic acids is 4. The zero-order valence-corrected chi connectivity index (χ0v) is 22.6. The van der Waals surface area contributed by atoms with Crippen molar-refractivity contribution in [2.45, 2.75) is 65.0 Å². The fourth-order valence-electron chi connectivity index (χ4n) is 2.10. The van der Waals surface area contributed by atoms with Crippen LogP contribution in [0.4, 0.5) is 9.59 Å². The van der Waals surface area contributed by atoms with E-state index in [0.29, 0.717) is 0 Å². The van der Waals surface area contributed by atoms with Crippen molar-refractivity contribution in [3.05, 3.63) is 0 Å². The molecular weight excluding hydrogens is 500 g/mol. The van der Waals surface area contributed by atoms with Crippen LogP contribution in [0.5, 0.6) is 0 Å². The fraction of sp³-hybridized carbons (Fsp3) is 0.826. The first-order valence-electron chi connectivity index (χ1n) is 11.6. The van der Waals surface area contributed by atoms with Gasteiger partial charge in [0.2, 0.25) is 0 Å². The SMILES string of the molecule is COC(C)COC(=O)C(C)(C)OCCOC(=O)OCCOC(=O)OCCOC(C)(C)C(=O)OCC(C)O. The molecule has 2 unspecified atom stereocenters. The monoisotopic (exact) mass is 540 g/mol. The Balaban J connectivity index is 3.91. The van der Waals surface area contributed by atoms with E-state index in [-0.39, 0.29) is 59.0 Å². The lowest BCUT2D eigenvalue weighted by Crippen LogP contribution is -2.39. The molecule has 1 N–H and O–H groups in total. The minimum Gasteiger partial charge on any atom is -0.461 e. The first-order chi connectivity index (χ1) is 17.2. The lowest BCUT2D eigenvalue weighted by Gasteiger charge is -2.23. The normalized spacial score (nSPS) is 13.2. The Morgan fingerprint density at radius 2 is 0.973 bits per heavy atom. The summed E-state index contributed by atoms with van der Waals surface area (Å²) in [5.74, 6) is -1.26. The Kier molecular flexibility index (Phi) is 16.4. The Bertz CT molecular complexity index is 704. The quantitative estimate of drug-likeness (QED) is 0.150. The van der Waals surface area contributed by atoms with Crippen LogP contribution < -0.4 is 0 Å². The van der Waals surface area contributed by atoms with Crippen molar-refractivity contribution in [1.82, 2.24) is 0 Å². The number of carbonyl (C=O) groups is 4. The van der Waals surface area contributed by atoms with E-state index in [2.05, 4.69) is 0 Å². The van der Waals surface area contributed by atoms with Gasteiger partial charge in [-0.3, -0.25) is 0 Å². The number of methoxy groups -OCH3 is 1. The molecule has 216 valence electrons. The zero-order valence-electron chi connectivity index (χ0n) is 22.6. The molecule has 0 amide bonds. The average molecular weight is 541 g/mol. The van der Waals surface area contributed by atoms with Crippen LogP contribution in [-0.4, -0.2) is 113 Å². The van der Waals surface area contributed by atoms with E-state index in [1.54, 1.807) is 6.92 Å². The summed E-state index contributed by atoms with van der Waals surface area (Å²) < 4.78 is 44.7. The highest BCUT2D eigenvalue weighted by Crippen LogP contribution is 2.13. The lowest BCUT2D eigenvalue weighted by atomic mass is 10.1. The van der Waals surface area contributed by atoms with Crippen LogP contribution in [0.3, 0.4) is 0 Å². The van der Waals surface area contributed by atoms with Crippen molar-refractivity contribution in [2.24, 2.45) is 0 Å².